The molecule has 0 spiro atoms. The number of hydrogen-bond donors (Lipinski definition) is 8. The molecule has 0 aromatic rings. The summed E-state index contributed by atoms with van der Waals surface area (Å²) in [5.74, 6) is -6.83. The highest BCUT2D eigenvalue weighted by Crippen LogP contribution is 2.10. The second-order valence-electron chi connectivity index (χ2n) is 7.71. The SMILES string of the molecule is CCC(C)C(NC(=O)C(N)CCC(=O)O)C(=O)NC(C(=O)NC(CC(N)=O)C(=O)O)C(C)O. The zero-order valence-corrected chi connectivity index (χ0v) is 18.7. The number of carboxylic acids is 2. The molecule has 0 aromatic heterocycles. The summed E-state index contributed by atoms with van der Waals surface area (Å²) in [6, 6.07) is -5.67. The summed E-state index contributed by atoms with van der Waals surface area (Å²) in [7, 11) is 0. The first-order valence-corrected chi connectivity index (χ1v) is 10.3. The molecule has 6 unspecified atom stereocenters. The van der Waals surface area contributed by atoms with Crippen molar-refractivity contribution in [1.29, 1.82) is 0 Å². The molecule has 0 fully saturated rings. The van der Waals surface area contributed by atoms with E-state index in [1.165, 1.54) is 6.92 Å². The summed E-state index contributed by atoms with van der Waals surface area (Å²) in [6.45, 7) is 4.55. The minimum absolute atomic E-state index is 0.162. The Morgan fingerprint density at radius 2 is 1.39 bits per heavy atom. The van der Waals surface area contributed by atoms with Crippen LogP contribution < -0.4 is 27.4 Å². The molecular weight excluding hydrogens is 442 g/mol. The number of aliphatic hydroxyl groups excluding tert-OH is 1. The van der Waals surface area contributed by atoms with Crippen LogP contribution in [0.4, 0.5) is 0 Å². The van der Waals surface area contributed by atoms with E-state index in [1.54, 1.807) is 13.8 Å². The van der Waals surface area contributed by atoms with Gasteiger partial charge in [-0.3, -0.25) is 24.0 Å². The van der Waals surface area contributed by atoms with Crippen LogP contribution in [-0.4, -0.2) is 81.2 Å². The van der Waals surface area contributed by atoms with Crippen molar-refractivity contribution >= 4 is 35.6 Å². The molecular formula is C19H33N5O9. The van der Waals surface area contributed by atoms with E-state index >= 15 is 0 Å². The topological polar surface area (TPSA) is 251 Å². The Morgan fingerprint density at radius 3 is 1.82 bits per heavy atom. The lowest BCUT2D eigenvalue weighted by Crippen LogP contribution is -2.61. The largest absolute Gasteiger partial charge is 0.481 e. The van der Waals surface area contributed by atoms with Crippen molar-refractivity contribution in [3.63, 3.8) is 0 Å². The minimum atomic E-state index is -1.68. The molecule has 0 radical (unpaired) electrons. The van der Waals surface area contributed by atoms with Crippen molar-refractivity contribution in [2.24, 2.45) is 17.4 Å². The van der Waals surface area contributed by atoms with Crippen LogP contribution in [0.5, 0.6) is 0 Å². The first-order valence-electron chi connectivity index (χ1n) is 10.3. The van der Waals surface area contributed by atoms with Crippen molar-refractivity contribution < 1.29 is 44.1 Å². The number of nitrogens with two attached hydrogens (primary N) is 2. The summed E-state index contributed by atoms with van der Waals surface area (Å²) in [6.07, 6.45) is -2.27. The summed E-state index contributed by atoms with van der Waals surface area (Å²) < 4.78 is 0. The van der Waals surface area contributed by atoms with Crippen LogP contribution in [0, 0.1) is 5.92 Å². The van der Waals surface area contributed by atoms with Crippen LogP contribution >= 0.6 is 0 Å². The van der Waals surface area contributed by atoms with Crippen LogP contribution in [0.15, 0.2) is 0 Å². The molecule has 4 amide bonds. The van der Waals surface area contributed by atoms with Gasteiger partial charge >= 0.3 is 11.9 Å². The van der Waals surface area contributed by atoms with Gasteiger partial charge in [-0.2, -0.15) is 0 Å². The smallest absolute Gasteiger partial charge is 0.326 e. The van der Waals surface area contributed by atoms with E-state index in [0.29, 0.717) is 6.42 Å². The molecule has 0 bridgehead atoms. The lowest BCUT2D eigenvalue weighted by Gasteiger charge is -2.28. The highest BCUT2D eigenvalue weighted by molar-refractivity contribution is 5.95. The van der Waals surface area contributed by atoms with E-state index in [9.17, 15) is 33.9 Å². The van der Waals surface area contributed by atoms with Gasteiger partial charge in [0.25, 0.3) is 0 Å². The molecule has 0 heterocycles. The Bertz CT molecular complexity index is 743. The number of carbonyl (C=O) groups excluding carboxylic acids is 4. The molecule has 0 rings (SSSR count). The number of carbonyl (C=O) groups is 6. The molecule has 10 N–H and O–H groups in total. The van der Waals surface area contributed by atoms with Crippen molar-refractivity contribution in [3.8, 4) is 0 Å². The third-order valence-electron chi connectivity index (χ3n) is 4.88. The minimum Gasteiger partial charge on any atom is -0.481 e. The number of aliphatic carboxylic acids is 2. The molecule has 33 heavy (non-hydrogen) atoms. The van der Waals surface area contributed by atoms with Crippen LogP contribution in [0.2, 0.25) is 0 Å². The van der Waals surface area contributed by atoms with Gasteiger partial charge in [-0.25, -0.2) is 4.79 Å². The van der Waals surface area contributed by atoms with Gasteiger partial charge in [0.15, 0.2) is 0 Å². The molecule has 0 saturated heterocycles. The molecule has 0 saturated carbocycles. The van der Waals surface area contributed by atoms with Crippen molar-refractivity contribution in [1.82, 2.24) is 16.0 Å². The van der Waals surface area contributed by atoms with Gasteiger partial charge < -0.3 is 42.7 Å². The Kier molecular flexibility index (Phi) is 12.6. The van der Waals surface area contributed by atoms with Crippen LogP contribution in [-0.2, 0) is 28.8 Å². The van der Waals surface area contributed by atoms with Gasteiger partial charge in [0, 0.05) is 6.42 Å². The number of nitrogens with one attached hydrogen (secondary N) is 3. The predicted molar refractivity (Wildman–Crippen MR) is 113 cm³/mol. The summed E-state index contributed by atoms with van der Waals surface area (Å²) in [4.78, 5) is 70.6. The Morgan fingerprint density at radius 1 is 0.879 bits per heavy atom. The maximum Gasteiger partial charge on any atom is 0.326 e. The molecule has 14 heteroatoms. The van der Waals surface area contributed by atoms with E-state index < -0.39 is 78.2 Å². The summed E-state index contributed by atoms with van der Waals surface area (Å²) in [5.41, 5.74) is 10.6. The van der Waals surface area contributed by atoms with Gasteiger partial charge in [-0.05, 0) is 19.3 Å². The summed E-state index contributed by atoms with van der Waals surface area (Å²) in [5, 5.41) is 34.5. The lowest BCUT2D eigenvalue weighted by atomic mass is 9.97. The first-order chi connectivity index (χ1) is 15.2. The highest BCUT2D eigenvalue weighted by Gasteiger charge is 2.34. The number of hydrogen-bond acceptors (Lipinski definition) is 8. The third-order valence-corrected chi connectivity index (χ3v) is 4.88. The highest BCUT2D eigenvalue weighted by atomic mass is 16.4. The molecule has 0 aliphatic carbocycles. The number of aliphatic hydroxyl groups is 1. The van der Waals surface area contributed by atoms with Crippen molar-refractivity contribution in [2.45, 2.75) is 76.7 Å². The average Bonchev–Trinajstić information content (AvgIpc) is 2.71. The first kappa shape index (κ1) is 29.7. The molecule has 0 aliphatic rings. The van der Waals surface area contributed by atoms with Crippen molar-refractivity contribution in [2.75, 3.05) is 0 Å². The van der Waals surface area contributed by atoms with E-state index in [-0.39, 0.29) is 12.8 Å². The fraction of sp³-hybridized carbons (Fsp3) is 0.684. The van der Waals surface area contributed by atoms with Crippen LogP contribution in [0.3, 0.4) is 0 Å². The maximum absolute atomic E-state index is 12.8. The van der Waals surface area contributed by atoms with Gasteiger partial charge in [-0.1, -0.05) is 20.3 Å². The van der Waals surface area contributed by atoms with E-state index in [1.807, 2.05) is 5.32 Å². The standard InChI is InChI=1S/C19H33N5O9/c1-4-8(2)14(23-16(29)10(20)5-6-13(27)28)17(30)24-15(9(3)25)18(31)22-11(19(32)33)7-12(21)26/h8-11,14-15,25H,4-7,20H2,1-3H3,(H2,21,26)(H,22,31)(H,23,29)(H,24,30)(H,27,28)(H,32,33). The van der Waals surface area contributed by atoms with Gasteiger partial charge in [0.05, 0.1) is 18.6 Å². The number of carboxylic acid groups (broad SMARTS) is 2. The lowest BCUT2D eigenvalue weighted by molar-refractivity contribution is -0.144. The molecule has 0 aromatic carbocycles. The number of amides is 4. The summed E-state index contributed by atoms with van der Waals surface area (Å²) >= 11 is 0. The zero-order chi connectivity index (χ0) is 25.9. The fourth-order valence-corrected chi connectivity index (χ4v) is 2.68. The van der Waals surface area contributed by atoms with Gasteiger partial charge in [-0.15, -0.1) is 0 Å². The predicted octanol–water partition coefficient (Wildman–Crippen LogP) is -2.98. The Hall–Kier alpha value is -3.26. The van der Waals surface area contributed by atoms with Crippen LogP contribution in [0.25, 0.3) is 0 Å². The number of rotatable bonds is 15. The number of primary amides is 1. The third kappa shape index (κ3) is 10.7. The molecule has 188 valence electrons. The van der Waals surface area contributed by atoms with Gasteiger partial charge in [0.2, 0.25) is 23.6 Å². The zero-order valence-electron chi connectivity index (χ0n) is 18.7. The second kappa shape index (κ2) is 14.0. The normalized spacial score (nSPS) is 16.3. The Balaban J connectivity index is 5.46. The maximum atomic E-state index is 12.8. The van der Waals surface area contributed by atoms with E-state index in [4.69, 9.17) is 21.7 Å². The Labute approximate surface area is 190 Å². The van der Waals surface area contributed by atoms with E-state index in [0.717, 1.165) is 0 Å². The average molecular weight is 475 g/mol. The quantitative estimate of drug-likeness (QED) is 0.119. The second-order valence-corrected chi connectivity index (χ2v) is 7.71. The molecule has 6 atom stereocenters. The van der Waals surface area contributed by atoms with E-state index in [2.05, 4.69) is 10.6 Å². The monoisotopic (exact) mass is 475 g/mol. The fourth-order valence-electron chi connectivity index (χ4n) is 2.68. The molecule has 14 nitrogen and oxygen atoms in total. The van der Waals surface area contributed by atoms with Gasteiger partial charge in [0.1, 0.15) is 18.1 Å². The van der Waals surface area contributed by atoms with Crippen molar-refractivity contribution in [3.05, 3.63) is 0 Å². The molecule has 0 aliphatic heterocycles. The van der Waals surface area contributed by atoms with Crippen LogP contribution in [0.1, 0.15) is 46.5 Å².